The topological polar surface area (TPSA) is 110 Å². The first kappa shape index (κ1) is 20.9. The van der Waals surface area contributed by atoms with Crippen molar-refractivity contribution in [1.82, 2.24) is 0 Å². The molecule has 0 spiro atoms. The second-order valence-electron chi connectivity index (χ2n) is 7.10. The van der Waals surface area contributed by atoms with Gasteiger partial charge >= 0.3 is 5.97 Å². The molecule has 0 fully saturated rings. The molecule has 4 rings (SSSR count). The summed E-state index contributed by atoms with van der Waals surface area (Å²) in [4.78, 5) is 51.4. The van der Waals surface area contributed by atoms with E-state index in [0.717, 1.165) is 6.07 Å². The lowest BCUT2D eigenvalue weighted by Gasteiger charge is -2.21. The van der Waals surface area contributed by atoms with E-state index in [1.54, 1.807) is 12.1 Å². The number of amides is 1. The van der Waals surface area contributed by atoms with Gasteiger partial charge in [0.2, 0.25) is 5.78 Å². The molecule has 1 heterocycles. The predicted molar refractivity (Wildman–Crippen MR) is 111 cm³/mol. The van der Waals surface area contributed by atoms with Gasteiger partial charge in [-0.2, -0.15) is 0 Å². The maximum Gasteiger partial charge on any atom is 0.339 e. The van der Waals surface area contributed by atoms with Gasteiger partial charge in [-0.3, -0.25) is 14.4 Å². The van der Waals surface area contributed by atoms with Crippen LogP contribution in [-0.2, 0) is 14.3 Å². The third-order valence-corrected chi connectivity index (χ3v) is 5.06. The van der Waals surface area contributed by atoms with Crippen LogP contribution in [0.25, 0.3) is 0 Å². The van der Waals surface area contributed by atoms with Crippen LogP contribution in [0.15, 0.2) is 72.8 Å². The highest BCUT2D eigenvalue weighted by atomic mass is 19.1. The number of phenolic OH excluding ortho intramolecular Hbond substituents is 1. The van der Waals surface area contributed by atoms with E-state index in [4.69, 9.17) is 4.74 Å². The van der Waals surface area contributed by atoms with E-state index in [2.05, 4.69) is 5.32 Å². The second-order valence-corrected chi connectivity index (χ2v) is 7.10. The standard InChI is InChI=1S/C24H16FNO6/c25-18-11-4-3-10-17(18)20(28)19(22-15-8-1-2-9-16(15)24(31)32-22)21(29)23(30)26-13-6-5-7-14(27)12-13/h1-12,19,22,27H,(H,26,30)/t19-,22-/m1/s1. The first-order valence-electron chi connectivity index (χ1n) is 9.59. The van der Waals surface area contributed by atoms with Crippen molar-refractivity contribution >= 4 is 29.1 Å². The Morgan fingerprint density at radius 1 is 0.969 bits per heavy atom. The largest absolute Gasteiger partial charge is 0.508 e. The Kier molecular flexibility index (Phi) is 5.51. The van der Waals surface area contributed by atoms with E-state index in [1.165, 1.54) is 54.6 Å². The smallest absolute Gasteiger partial charge is 0.339 e. The zero-order valence-electron chi connectivity index (χ0n) is 16.4. The van der Waals surface area contributed by atoms with E-state index >= 15 is 0 Å². The summed E-state index contributed by atoms with van der Waals surface area (Å²) in [6, 6.07) is 16.7. The van der Waals surface area contributed by atoms with Crippen LogP contribution in [0.4, 0.5) is 10.1 Å². The van der Waals surface area contributed by atoms with E-state index in [0.29, 0.717) is 0 Å². The summed E-state index contributed by atoms with van der Waals surface area (Å²) < 4.78 is 19.6. The number of ether oxygens (including phenoxy) is 1. The molecule has 8 heteroatoms. The molecule has 1 aliphatic rings. The number of hydrogen-bond donors (Lipinski definition) is 2. The van der Waals surface area contributed by atoms with Crippen molar-refractivity contribution in [2.45, 2.75) is 6.10 Å². The van der Waals surface area contributed by atoms with E-state index in [1.807, 2.05) is 0 Å². The molecule has 0 unspecified atom stereocenters. The number of anilines is 1. The average molecular weight is 433 g/mol. The highest BCUT2D eigenvalue weighted by Crippen LogP contribution is 2.38. The molecule has 3 aromatic carbocycles. The van der Waals surface area contributed by atoms with Crippen LogP contribution in [0.1, 0.15) is 32.4 Å². The quantitative estimate of drug-likeness (QED) is 0.267. The zero-order valence-corrected chi connectivity index (χ0v) is 16.4. The Morgan fingerprint density at radius 3 is 2.44 bits per heavy atom. The van der Waals surface area contributed by atoms with Crippen molar-refractivity contribution in [3.05, 3.63) is 95.3 Å². The number of carbonyl (C=O) groups is 4. The fourth-order valence-corrected chi connectivity index (χ4v) is 3.56. The molecule has 160 valence electrons. The third-order valence-electron chi connectivity index (χ3n) is 5.06. The molecule has 0 bridgehead atoms. The highest BCUT2D eigenvalue weighted by molar-refractivity contribution is 6.45. The number of benzene rings is 3. The maximum atomic E-state index is 14.3. The molecule has 1 aliphatic heterocycles. The Balaban J connectivity index is 1.73. The van der Waals surface area contributed by atoms with Crippen LogP contribution < -0.4 is 5.32 Å². The molecule has 0 aromatic heterocycles. The molecule has 0 aliphatic carbocycles. The minimum Gasteiger partial charge on any atom is -0.508 e. The number of nitrogens with one attached hydrogen (secondary N) is 1. The number of carbonyl (C=O) groups excluding carboxylic acids is 4. The molecule has 2 atom stereocenters. The molecular weight excluding hydrogens is 417 g/mol. The Labute approximate surface area is 181 Å². The van der Waals surface area contributed by atoms with Crippen LogP contribution in [0.3, 0.4) is 0 Å². The fraction of sp³-hybridized carbons (Fsp3) is 0.0833. The number of esters is 1. The minimum absolute atomic E-state index is 0.115. The summed E-state index contributed by atoms with van der Waals surface area (Å²) in [5, 5.41) is 11.9. The summed E-state index contributed by atoms with van der Waals surface area (Å²) in [7, 11) is 0. The van der Waals surface area contributed by atoms with Gasteiger partial charge in [-0.25, -0.2) is 9.18 Å². The van der Waals surface area contributed by atoms with Gasteiger partial charge in [-0.1, -0.05) is 36.4 Å². The fourth-order valence-electron chi connectivity index (χ4n) is 3.56. The van der Waals surface area contributed by atoms with Gasteiger partial charge in [0.1, 0.15) is 23.6 Å². The molecule has 2 N–H and O–H groups in total. The van der Waals surface area contributed by atoms with Crippen molar-refractivity contribution in [2.24, 2.45) is 5.92 Å². The van der Waals surface area contributed by atoms with Crippen LogP contribution in [0, 0.1) is 11.7 Å². The Bertz CT molecular complexity index is 1250. The van der Waals surface area contributed by atoms with E-state index in [-0.39, 0.29) is 22.6 Å². The number of phenols is 1. The maximum absolute atomic E-state index is 14.3. The number of rotatable bonds is 6. The molecule has 0 saturated carbocycles. The zero-order chi connectivity index (χ0) is 22.8. The van der Waals surface area contributed by atoms with Gasteiger partial charge in [0.15, 0.2) is 5.78 Å². The lowest BCUT2D eigenvalue weighted by molar-refractivity contribution is -0.138. The van der Waals surface area contributed by atoms with Crippen molar-refractivity contribution < 1.29 is 33.4 Å². The Hall–Kier alpha value is -4.33. The Morgan fingerprint density at radius 2 is 1.69 bits per heavy atom. The normalized spacial score (nSPS) is 15.4. The third kappa shape index (κ3) is 3.85. The number of ketones is 2. The minimum atomic E-state index is -1.81. The SMILES string of the molecule is O=C(Nc1cccc(O)c1)C(=O)[C@@H](C(=O)c1ccccc1F)[C@@H]1OC(=O)c2ccccc21. The lowest BCUT2D eigenvalue weighted by atomic mass is 9.84. The summed E-state index contributed by atoms with van der Waals surface area (Å²) in [6.07, 6.45) is -1.40. The van der Waals surface area contributed by atoms with Crippen molar-refractivity contribution in [3.8, 4) is 5.75 Å². The van der Waals surface area contributed by atoms with Gasteiger partial charge in [0, 0.05) is 17.3 Å². The number of halogens is 1. The van der Waals surface area contributed by atoms with E-state index in [9.17, 15) is 28.7 Å². The van der Waals surface area contributed by atoms with Gasteiger partial charge in [0.25, 0.3) is 5.91 Å². The van der Waals surface area contributed by atoms with Crippen LogP contribution >= 0.6 is 0 Å². The molecule has 0 saturated heterocycles. The van der Waals surface area contributed by atoms with Crippen molar-refractivity contribution in [2.75, 3.05) is 5.32 Å². The van der Waals surface area contributed by atoms with Gasteiger partial charge < -0.3 is 15.2 Å². The van der Waals surface area contributed by atoms with Crippen LogP contribution in [0.5, 0.6) is 5.75 Å². The summed E-state index contributed by atoms with van der Waals surface area (Å²) >= 11 is 0. The molecule has 7 nitrogen and oxygen atoms in total. The van der Waals surface area contributed by atoms with Gasteiger partial charge in [-0.15, -0.1) is 0 Å². The van der Waals surface area contributed by atoms with Crippen molar-refractivity contribution in [1.29, 1.82) is 0 Å². The molecule has 1 amide bonds. The summed E-state index contributed by atoms with van der Waals surface area (Å²) in [5.41, 5.74) is 0.122. The van der Waals surface area contributed by atoms with Gasteiger partial charge in [0.05, 0.1) is 11.1 Å². The highest BCUT2D eigenvalue weighted by Gasteiger charge is 2.46. The van der Waals surface area contributed by atoms with Crippen molar-refractivity contribution in [3.63, 3.8) is 0 Å². The first-order valence-corrected chi connectivity index (χ1v) is 9.59. The molecule has 32 heavy (non-hydrogen) atoms. The summed E-state index contributed by atoms with van der Waals surface area (Å²) in [6.45, 7) is 0. The van der Waals surface area contributed by atoms with E-state index < -0.39 is 46.8 Å². The average Bonchev–Trinajstić information content (AvgIpc) is 3.10. The van der Waals surface area contributed by atoms with Crippen LogP contribution in [0.2, 0.25) is 0 Å². The monoisotopic (exact) mass is 433 g/mol. The van der Waals surface area contributed by atoms with Crippen LogP contribution in [-0.4, -0.2) is 28.5 Å². The van der Waals surface area contributed by atoms with Gasteiger partial charge in [-0.05, 0) is 30.3 Å². The molecule has 3 aromatic rings. The molecular formula is C24H16FNO6. The first-order chi connectivity index (χ1) is 15.4. The predicted octanol–water partition coefficient (Wildman–Crippen LogP) is 3.45. The lowest BCUT2D eigenvalue weighted by Crippen LogP contribution is -2.38. The number of Topliss-reactive ketones (excluding diaryl/α,β-unsaturated/α-hetero) is 2. The number of aromatic hydroxyl groups is 1. The number of hydrogen-bond acceptors (Lipinski definition) is 6. The molecule has 0 radical (unpaired) electrons. The second kappa shape index (κ2) is 8.43. The number of fused-ring (bicyclic) bond motifs is 1. The summed E-state index contributed by atoms with van der Waals surface area (Å²) in [5.74, 6) is -6.96. The number of cyclic esters (lactones) is 1.